The lowest BCUT2D eigenvalue weighted by molar-refractivity contribution is 0.0570. The lowest BCUT2D eigenvalue weighted by Gasteiger charge is -2.34. The maximum atomic E-state index is 12.5. The van der Waals surface area contributed by atoms with Gasteiger partial charge in [0.1, 0.15) is 18.5 Å². The second-order valence-corrected chi connectivity index (χ2v) is 9.66. The van der Waals surface area contributed by atoms with Gasteiger partial charge in [-0.15, -0.1) is 0 Å². The van der Waals surface area contributed by atoms with Crippen LogP contribution in [0.4, 0.5) is 0 Å². The number of hydrogen-bond donors (Lipinski definition) is 1. The highest BCUT2D eigenvalue weighted by Gasteiger charge is 2.26. The molecule has 1 atom stereocenters. The molecule has 0 bridgehead atoms. The van der Waals surface area contributed by atoms with Crippen molar-refractivity contribution in [3.05, 3.63) is 69.5 Å². The third kappa shape index (κ3) is 6.70. The van der Waals surface area contributed by atoms with E-state index in [0.29, 0.717) is 48.5 Å². The van der Waals surface area contributed by atoms with Crippen molar-refractivity contribution in [2.24, 2.45) is 0 Å². The summed E-state index contributed by atoms with van der Waals surface area (Å²) >= 11 is 11.9. The molecular weight excluding hydrogens is 447 g/mol. The predicted octanol–water partition coefficient (Wildman–Crippen LogP) is 3.35. The van der Waals surface area contributed by atoms with E-state index in [1.165, 1.54) is 9.71 Å². The summed E-state index contributed by atoms with van der Waals surface area (Å²) in [5.41, 5.74) is 0.837. The molecule has 0 spiro atoms. The van der Waals surface area contributed by atoms with Crippen LogP contribution in [0.25, 0.3) is 6.08 Å². The number of aliphatic hydroxyl groups is 1. The molecule has 6 nitrogen and oxygen atoms in total. The predicted molar refractivity (Wildman–Crippen MR) is 120 cm³/mol. The Labute approximate surface area is 187 Å². The maximum Gasteiger partial charge on any atom is 0.236 e. The van der Waals surface area contributed by atoms with Crippen LogP contribution in [0, 0.1) is 0 Å². The summed E-state index contributed by atoms with van der Waals surface area (Å²) in [6, 6.07) is 14.2. The van der Waals surface area contributed by atoms with Gasteiger partial charge in [-0.05, 0) is 29.8 Å². The summed E-state index contributed by atoms with van der Waals surface area (Å²) < 4.78 is 32.1. The average molecular weight is 471 g/mol. The zero-order valence-corrected chi connectivity index (χ0v) is 18.7. The number of sulfonamides is 1. The fourth-order valence-corrected chi connectivity index (χ4v) is 4.75. The summed E-state index contributed by atoms with van der Waals surface area (Å²) in [7, 11) is -3.47. The Kier molecular flexibility index (Phi) is 8.16. The van der Waals surface area contributed by atoms with Gasteiger partial charge in [0, 0.05) is 43.2 Å². The van der Waals surface area contributed by atoms with Gasteiger partial charge in [-0.25, -0.2) is 8.42 Å². The van der Waals surface area contributed by atoms with Crippen molar-refractivity contribution < 1.29 is 18.3 Å². The topological polar surface area (TPSA) is 70.1 Å². The van der Waals surface area contributed by atoms with E-state index in [2.05, 4.69) is 0 Å². The average Bonchev–Trinajstić information content (AvgIpc) is 2.73. The highest BCUT2D eigenvalue weighted by Crippen LogP contribution is 2.27. The Morgan fingerprint density at radius 1 is 1.07 bits per heavy atom. The number of halogens is 2. The molecule has 1 heterocycles. The Morgan fingerprint density at radius 3 is 2.43 bits per heavy atom. The molecule has 1 aliphatic rings. The molecule has 2 aromatic rings. The number of β-amino-alcohol motifs (C(OH)–C–C–N with tert-alkyl or cyclic N) is 1. The standard InChI is InChI=1S/C21H24Cl2N2O4S/c22-18-6-7-21(20(23)14-18)29-16-19(26)15-24-9-11-25(12-10-24)30(27,28)13-8-17-4-2-1-3-5-17/h1-8,13-14,19,26H,9-12,15-16H2/b13-8+. The van der Waals surface area contributed by atoms with Crippen molar-refractivity contribution >= 4 is 39.3 Å². The summed E-state index contributed by atoms with van der Waals surface area (Å²) in [4.78, 5) is 2.02. The Bertz CT molecular complexity index is 962. The van der Waals surface area contributed by atoms with Crippen molar-refractivity contribution in [1.29, 1.82) is 0 Å². The van der Waals surface area contributed by atoms with E-state index in [1.54, 1.807) is 24.3 Å². The number of piperazine rings is 1. The van der Waals surface area contributed by atoms with E-state index in [4.69, 9.17) is 27.9 Å². The monoisotopic (exact) mass is 470 g/mol. The van der Waals surface area contributed by atoms with E-state index >= 15 is 0 Å². The highest BCUT2D eigenvalue weighted by atomic mass is 35.5. The second-order valence-electron chi connectivity index (χ2n) is 7.00. The molecule has 9 heteroatoms. The fraction of sp³-hybridized carbons (Fsp3) is 0.333. The Hall–Kier alpha value is -1.61. The summed E-state index contributed by atoms with van der Waals surface area (Å²) in [6.45, 7) is 2.29. The van der Waals surface area contributed by atoms with Crippen LogP contribution in [0.15, 0.2) is 53.9 Å². The zero-order valence-electron chi connectivity index (χ0n) is 16.3. The number of rotatable bonds is 8. The Balaban J connectivity index is 1.45. The van der Waals surface area contributed by atoms with Crippen LogP contribution in [-0.2, 0) is 10.0 Å². The van der Waals surface area contributed by atoms with Crippen LogP contribution in [-0.4, -0.2) is 68.2 Å². The van der Waals surface area contributed by atoms with Crippen LogP contribution < -0.4 is 4.74 Å². The van der Waals surface area contributed by atoms with Gasteiger partial charge in [0.25, 0.3) is 0 Å². The lowest BCUT2D eigenvalue weighted by Crippen LogP contribution is -2.50. The quantitative estimate of drug-likeness (QED) is 0.640. The summed E-state index contributed by atoms with van der Waals surface area (Å²) in [5, 5.41) is 12.4. The van der Waals surface area contributed by atoms with Gasteiger partial charge < -0.3 is 9.84 Å². The molecule has 1 fully saturated rings. The minimum absolute atomic E-state index is 0.0830. The molecule has 1 N–H and O–H groups in total. The molecule has 0 aromatic heterocycles. The molecular formula is C21H24Cl2N2O4S. The molecule has 0 saturated carbocycles. The minimum atomic E-state index is -3.47. The lowest BCUT2D eigenvalue weighted by atomic mass is 10.2. The van der Waals surface area contributed by atoms with Crippen molar-refractivity contribution in [2.45, 2.75) is 6.10 Å². The van der Waals surface area contributed by atoms with Crippen LogP contribution in [0.1, 0.15) is 5.56 Å². The van der Waals surface area contributed by atoms with Crippen molar-refractivity contribution in [2.75, 3.05) is 39.3 Å². The molecule has 162 valence electrons. The van der Waals surface area contributed by atoms with Gasteiger partial charge in [0.05, 0.1) is 5.02 Å². The van der Waals surface area contributed by atoms with E-state index in [9.17, 15) is 13.5 Å². The van der Waals surface area contributed by atoms with Crippen molar-refractivity contribution in [3.63, 3.8) is 0 Å². The Morgan fingerprint density at radius 2 is 1.77 bits per heavy atom. The van der Waals surface area contributed by atoms with Crippen molar-refractivity contribution in [1.82, 2.24) is 9.21 Å². The molecule has 30 heavy (non-hydrogen) atoms. The van der Waals surface area contributed by atoms with E-state index < -0.39 is 16.1 Å². The summed E-state index contributed by atoms with van der Waals surface area (Å²) in [5.74, 6) is 0.459. The number of nitrogens with zero attached hydrogens (tertiary/aromatic N) is 2. The largest absolute Gasteiger partial charge is 0.489 e. The molecule has 2 aromatic carbocycles. The first-order valence-corrected chi connectivity index (χ1v) is 11.8. The van der Waals surface area contributed by atoms with Crippen LogP contribution in [0.2, 0.25) is 10.0 Å². The molecule has 3 rings (SSSR count). The normalized spacial score (nSPS) is 17.3. The smallest absolute Gasteiger partial charge is 0.236 e. The molecule has 0 aliphatic carbocycles. The number of ether oxygens (including phenoxy) is 1. The van der Waals surface area contributed by atoms with Crippen LogP contribution in [0.5, 0.6) is 5.75 Å². The highest BCUT2D eigenvalue weighted by molar-refractivity contribution is 7.92. The molecule has 0 radical (unpaired) electrons. The van der Waals surface area contributed by atoms with Crippen LogP contribution >= 0.6 is 23.2 Å². The maximum absolute atomic E-state index is 12.5. The number of aliphatic hydroxyl groups excluding tert-OH is 1. The third-order valence-electron chi connectivity index (χ3n) is 4.72. The molecule has 0 amide bonds. The van der Waals surface area contributed by atoms with E-state index in [-0.39, 0.29) is 6.61 Å². The van der Waals surface area contributed by atoms with Crippen LogP contribution in [0.3, 0.4) is 0 Å². The minimum Gasteiger partial charge on any atom is -0.489 e. The third-order valence-corrected chi connectivity index (χ3v) is 6.81. The SMILES string of the molecule is O=S(=O)(/C=C/c1ccccc1)N1CCN(CC(O)COc2ccc(Cl)cc2Cl)CC1. The van der Waals surface area contributed by atoms with E-state index in [1.807, 2.05) is 35.2 Å². The van der Waals surface area contributed by atoms with Crippen molar-refractivity contribution in [3.8, 4) is 5.75 Å². The van der Waals surface area contributed by atoms with E-state index in [0.717, 1.165) is 5.56 Å². The fourth-order valence-electron chi connectivity index (χ4n) is 3.11. The number of hydrogen-bond acceptors (Lipinski definition) is 5. The first-order chi connectivity index (χ1) is 14.3. The van der Waals surface area contributed by atoms with Gasteiger partial charge in [0.2, 0.25) is 10.0 Å². The van der Waals surface area contributed by atoms with Gasteiger partial charge in [-0.3, -0.25) is 4.90 Å². The van der Waals surface area contributed by atoms with Gasteiger partial charge in [0.15, 0.2) is 0 Å². The zero-order chi connectivity index (χ0) is 21.6. The van der Waals surface area contributed by atoms with Gasteiger partial charge in [-0.1, -0.05) is 53.5 Å². The molecule has 1 saturated heterocycles. The van der Waals surface area contributed by atoms with Gasteiger partial charge in [-0.2, -0.15) is 4.31 Å². The number of benzene rings is 2. The first kappa shape index (κ1) is 23.1. The second kappa shape index (κ2) is 10.6. The van der Waals surface area contributed by atoms with Gasteiger partial charge >= 0.3 is 0 Å². The first-order valence-electron chi connectivity index (χ1n) is 9.55. The molecule has 1 unspecified atom stereocenters. The summed E-state index contributed by atoms with van der Waals surface area (Å²) in [6.07, 6.45) is 0.878. The molecule has 1 aliphatic heterocycles.